The van der Waals surface area contributed by atoms with Gasteiger partial charge >= 0.3 is 0 Å². The summed E-state index contributed by atoms with van der Waals surface area (Å²) >= 11 is 6.06. The highest BCUT2D eigenvalue weighted by atomic mass is 35.5. The van der Waals surface area contributed by atoms with Crippen LogP contribution in [-0.4, -0.2) is 61.1 Å². The maximum Gasteiger partial charge on any atom is 0.291 e. The first kappa shape index (κ1) is 19.5. The fourth-order valence-electron chi connectivity index (χ4n) is 3.30. The topological polar surface area (TPSA) is 62.6 Å². The molecule has 1 aliphatic heterocycles. The Morgan fingerprint density at radius 2 is 1.96 bits per heavy atom. The molecule has 146 valence electrons. The molecule has 0 spiro atoms. The Morgan fingerprint density at radius 3 is 2.70 bits per heavy atom. The van der Waals surface area contributed by atoms with Crippen molar-refractivity contribution in [2.45, 2.75) is 6.42 Å². The molecule has 1 aliphatic rings. The third-order valence-corrected chi connectivity index (χ3v) is 5.13. The van der Waals surface area contributed by atoms with Gasteiger partial charge in [0.2, 0.25) is 0 Å². The van der Waals surface area contributed by atoms with Crippen LogP contribution in [-0.2, 0) is 7.05 Å². The second-order valence-electron chi connectivity index (χ2n) is 6.58. The van der Waals surface area contributed by atoms with Crippen molar-refractivity contribution in [1.82, 2.24) is 14.7 Å². The van der Waals surface area contributed by atoms with E-state index in [2.05, 4.69) is 26.3 Å². The maximum atomic E-state index is 12.0. The van der Waals surface area contributed by atoms with Crippen LogP contribution in [0.3, 0.4) is 0 Å². The van der Waals surface area contributed by atoms with Gasteiger partial charge in [0.05, 0.1) is 24.0 Å². The van der Waals surface area contributed by atoms with Gasteiger partial charge in [-0.1, -0.05) is 23.7 Å². The molecule has 0 aliphatic carbocycles. The molecule has 27 heavy (non-hydrogen) atoms. The van der Waals surface area contributed by atoms with E-state index in [4.69, 9.17) is 16.3 Å². The zero-order chi connectivity index (χ0) is 19.2. The fraction of sp³-hybridized carbons (Fsp3) is 0.474. The summed E-state index contributed by atoms with van der Waals surface area (Å²) in [5, 5.41) is 7.41. The fourth-order valence-corrected chi connectivity index (χ4v) is 3.49. The van der Waals surface area contributed by atoms with E-state index in [0.717, 1.165) is 50.6 Å². The van der Waals surface area contributed by atoms with Crippen LogP contribution in [0.4, 0.5) is 11.4 Å². The van der Waals surface area contributed by atoms with Gasteiger partial charge in [0, 0.05) is 39.8 Å². The van der Waals surface area contributed by atoms with Crippen molar-refractivity contribution in [3.05, 3.63) is 45.8 Å². The number of aromatic nitrogens is 2. The molecule has 1 aromatic carbocycles. The Hall–Kier alpha value is -2.25. The lowest BCUT2D eigenvalue weighted by atomic mass is 10.2. The van der Waals surface area contributed by atoms with E-state index in [1.54, 1.807) is 14.2 Å². The predicted molar refractivity (Wildman–Crippen MR) is 109 cm³/mol. The molecule has 0 radical (unpaired) electrons. The number of hydrogen-bond acceptors (Lipinski definition) is 6. The molecule has 8 heteroatoms. The highest BCUT2D eigenvalue weighted by Crippen LogP contribution is 2.28. The van der Waals surface area contributed by atoms with Crippen LogP contribution in [0.25, 0.3) is 0 Å². The van der Waals surface area contributed by atoms with Crippen LogP contribution in [0.1, 0.15) is 6.42 Å². The second kappa shape index (κ2) is 9.10. The van der Waals surface area contributed by atoms with Crippen LogP contribution in [0, 0.1) is 0 Å². The summed E-state index contributed by atoms with van der Waals surface area (Å²) in [6, 6.07) is 8.15. The van der Waals surface area contributed by atoms with Crippen LogP contribution in [0.2, 0.25) is 5.02 Å². The van der Waals surface area contributed by atoms with Crippen LogP contribution < -0.4 is 20.5 Å². The Kier molecular flexibility index (Phi) is 6.58. The molecule has 0 saturated carbocycles. The summed E-state index contributed by atoms with van der Waals surface area (Å²) < 4.78 is 6.75. The van der Waals surface area contributed by atoms with Gasteiger partial charge < -0.3 is 15.0 Å². The van der Waals surface area contributed by atoms with Crippen molar-refractivity contribution < 1.29 is 4.74 Å². The maximum absolute atomic E-state index is 12.0. The Labute approximate surface area is 164 Å². The Balaban J connectivity index is 1.44. The first-order valence-corrected chi connectivity index (χ1v) is 9.54. The van der Waals surface area contributed by atoms with Crippen molar-refractivity contribution in [2.24, 2.45) is 7.05 Å². The third-order valence-electron chi connectivity index (χ3n) is 4.84. The minimum absolute atomic E-state index is 0.201. The van der Waals surface area contributed by atoms with E-state index < -0.39 is 0 Å². The number of rotatable bonds is 7. The van der Waals surface area contributed by atoms with E-state index in [-0.39, 0.29) is 5.56 Å². The SMILES string of the molecule is COc1ccccc1N1CCN(CCCNc2c(Cl)cnn(C)c2=O)CC1. The number of nitrogens with zero attached hydrogens (tertiary/aromatic N) is 4. The van der Waals surface area contributed by atoms with Gasteiger partial charge in [0.1, 0.15) is 11.4 Å². The summed E-state index contributed by atoms with van der Waals surface area (Å²) in [6.45, 7) is 5.65. The summed E-state index contributed by atoms with van der Waals surface area (Å²) in [4.78, 5) is 16.8. The van der Waals surface area contributed by atoms with E-state index in [1.807, 2.05) is 18.2 Å². The molecule has 7 nitrogen and oxygen atoms in total. The Morgan fingerprint density at radius 1 is 1.22 bits per heavy atom. The monoisotopic (exact) mass is 391 g/mol. The first-order valence-electron chi connectivity index (χ1n) is 9.16. The molecule has 3 rings (SSSR count). The highest BCUT2D eigenvalue weighted by molar-refractivity contribution is 6.32. The minimum Gasteiger partial charge on any atom is -0.495 e. The summed E-state index contributed by atoms with van der Waals surface area (Å²) in [5.41, 5.74) is 1.38. The molecule has 0 bridgehead atoms. The average molecular weight is 392 g/mol. The zero-order valence-corrected chi connectivity index (χ0v) is 16.6. The van der Waals surface area contributed by atoms with Gasteiger partial charge in [-0.15, -0.1) is 0 Å². The van der Waals surface area contributed by atoms with Crippen LogP contribution in [0.5, 0.6) is 5.75 Å². The van der Waals surface area contributed by atoms with Gasteiger partial charge in [-0.3, -0.25) is 9.69 Å². The van der Waals surface area contributed by atoms with E-state index in [1.165, 1.54) is 10.9 Å². The minimum atomic E-state index is -0.201. The van der Waals surface area contributed by atoms with Crippen molar-refractivity contribution in [3.63, 3.8) is 0 Å². The Bertz CT molecular complexity index is 818. The van der Waals surface area contributed by atoms with Gasteiger partial charge in [-0.2, -0.15) is 5.10 Å². The summed E-state index contributed by atoms with van der Waals surface area (Å²) in [6.07, 6.45) is 2.43. The normalized spacial score (nSPS) is 15.0. The molecular formula is C19H26ClN5O2. The van der Waals surface area contributed by atoms with E-state index in [9.17, 15) is 4.79 Å². The smallest absolute Gasteiger partial charge is 0.291 e. The van der Waals surface area contributed by atoms with Crippen molar-refractivity contribution in [2.75, 3.05) is 56.6 Å². The van der Waals surface area contributed by atoms with Gasteiger partial charge in [0.25, 0.3) is 5.56 Å². The van der Waals surface area contributed by atoms with Gasteiger partial charge in [0.15, 0.2) is 0 Å². The first-order chi connectivity index (χ1) is 13.1. The quantitative estimate of drug-likeness (QED) is 0.729. The molecule has 0 atom stereocenters. The highest BCUT2D eigenvalue weighted by Gasteiger charge is 2.19. The number of piperazine rings is 1. The second-order valence-corrected chi connectivity index (χ2v) is 6.98. The number of methoxy groups -OCH3 is 1. The number of hydrogen-bond donors (Lipinski definition) is 1. The lowest BCUT2D eigenvalue weighted by molar-refractivity contribution is 0.256. The van der Waals surface area contributed by atoms with Crippen molar-refractivity contribution in [1.29, 1.82) is 0 Å². The molecule has 1 fully saturated rings. The lowest BCUT2D eigenvalue weighted by Gasteiger charge is -2.36. The number of anilines is 2. The predicted octanol–water partition coefficient (Wildman–Crippen LogP) is 2.07. The number of benzene rings is 1. The molecular weight excluding hydrogens is 366 g/mol. The van der Waals surface area contributed by atoms with Crippen LogP contribution in [0.15, 0.2) is 35.3 Å². The zero-order valence-electron chi connectivity index (χ0n) is 15.8. The number of ether oxygens (including phenoxy) is 1. The lowest BCUT2D eigenvalue weighted by Crippen LogP contribution is -2.47. The molecule has 1 N–H and O–H groups in total. The van der Waals surface area contributed by atoms with Crippen LogP contribution >= 0.6 is 11.6 Å². The molecule has 1 aromatic heterocycles. The largest absolute Gasteiger partial charge is 0.495 e. The number of aryl methyl sites for hydroxylation is 1. The van der Waals surface area contributed by atoms with E-state index >= 15 is 0 Å². The number of halogens is 1. The molecule has 2 heterocycles. The molecule has 0 unspecified atom stereocenters. The van der Waals surface area contributed by atoms with Crippen molar-refractivity contribution >= 4 is 23.0 Å². The summed E-state index contributed by atoms with van der Waals surface area (Å²) in [7, 11) is 3.33. The van der Waals surface area contributed by atoms with E-state index in [0.29, 0.717) is 17.3 Å². The standard InChI is InChI=1S/C19H26ClN5O2/c1-23-19(26)18(15(20)14-22-23)21-8-5-9-24-10-12-25(13-11-24)16-6-3-4-7-17(16)27-2/h3-4,6-7,14,21H,5,8-13H2,1-2H3. The molecule has 2 aromatic rings. The van der Waals surface area contributed by atoms with Gasteiger partial charge in [-0.25, -0.2) is 4.68 Å². The number of para-hydroxylation sites is 2. The summed E-state index contributed by atoms with van der Waals surface area (Å²) in [5.74, 6) is 0.922. The average Bonchev–Trinajstić information content (AvgIpc) is 2.71. The number of nitrogens with one attached hydrogen (secondary N) is 1. The molecule has 0 amide bonds. The van der Waals surface area contributed by atoms with Gasteiger partial charge in [-0.05, 0) is 25.1 Å². The molecule has 1 saturated heterocycles. The van der Waals surface area contributed by atoms with Crippen molar-refractivity contribution in [3.8, 4) is 5.75 Å². The third kappa shape index (κ3) is 4.73.